The highest BCUT2D eigenvalue weighted by molar-refractivity contribution is 6.31. The number of carbonyl (C=O) groups is 1. The van der Waals surface area contributed by atoms with E-state index < -0.39 is 0 Å². The summed E-state index contributed by atoms with van der Waals surface area (Å²) >= 11 is 5.93. The van der Waals surface area contributed by atoms with E-state index in [1.54, 1.807) is 35.9 Å². The molecule has 0 aliphatic rings. The number of hydrogen-bond acceptors (Lipinski definition) is 3. The van der Waals surface area contributed by atoms with E-state index in [1.165, 1.54) is 6.20 Å². The van der Waals surface area contributed by atoms with Crippen molar-refractivity contribution >= 4 is 17.5 Å². The van der Waals surface area contributed by atoms with Crippen molar-refractivity contribution in [1.82, 2.24) is 24.9 Å². The van der Waals surface area contributed by atoms with Crippen LogP contribution in [-0.2, 0) is 20.6 Å². The minimum Gasteiger partial charge on any atom is -0.346 e. The van der Waals surface area contributed by atoms with Crippen LogP contribution in [0.1, 0.15) is 16.1 Å². The van der Waals surface area contributed by atoms with Gasteiger partial charge in [0.05, 0.1) is 35.2 Å². The number of aryl methyl sites for hydroxylation is 2. The van der Waals surface area contributed by atoms with E-state index in [-0.39, 0.29) is 5.91 Å². The Bertz CT molecular complexity index is 525. The second-order valence-corrected chi connectivity index (χ2v) is 4.06. The van der Waals surface area contributed by atoms with Crippen molar-refractivity contribution in [2.75, 3.05) is 0 Å². The fraction of sp³-hybridized carbons (Fsp3) is 0.300. The van der Waals surface area contributed by atoms with Crippen LogP contribution < -0.4 is 5.32 Å². The molecule has 17 heavy (non-hydrogen) atoms. The Balaban J connectivity index is 2.02. The Labute approximate surface area is 103 Å². The van der Waals surface area contributed by atoms with Gasteiger partial charge in [-0.15, -0.1) is 0 Å². The highest BCUT2D eigenvalue weighted by atomic mass is 35.5. The SMILES string of the molecule is Cn1cc(C(=O)NCc2c(Cl)cnn2C)cn1. The molecule has 0 spiro atoms. The first-order valence-electron chi connectivity index (χ1n) is 5.01. The fourth-order valence-electron chi connectivity index (χ4n) is 1.44. The van der Waals surface area contributed by atoms with Gasteiger partial charge in [0.25, 0.3) is 5.91 Å². The van der Waals surface area contributed by atoms with Gasteiger partial charge in [0.15, 0.2) is 0 Å². The van der Waals surface area contributed by atoms with Gasteiger partial charge in [-0.25, -0.2) is 0 Å². The maximum Gasteiger partial charge on any atom is 0.254 e. The number of amides is 1. The number of hydrogen-bond donors (Lipinski definition) is 1. The van der Waals surface area contributed by atoms with Crippen LogP contribution in [0.4, 0.5) is 0 Å². The van der Waals surface area contributed by atoms with Crippen molar-refractivity contribution in [3.05, 3.63) is 34.9 Å². The van der Waals surface area contributed by atoms with Gasteiger partial charge in [-0.2, -0.15) is 10.2 Å². The van der Waals surface area contributed by atoms with Crippen LogP contribution in [-0.4, -0.2) is 25.5 Å². The summed E-state index contributed by atoms with van der Waals surface area (Å²) in [5, 5.41) is 11.2. The molecular formula is C10H12ClN5O. The lowest BCUT2D eigenvalue weighted by atomic mass is 10.3. The molecule has 0 radical (unpaired) electrons. The zero-order valence-electron chi connectivity index (χ0n) is 9.51. The normalized spacial score (nSPS) is 10.5. The first-order valence-corrected chi connectivity index (χ1v) is 5.39. The maximum absolute atomic E-state index is 11.7. The summed E-state index contributed by atoms with van der Waals surface area (Å²) in [4.78, 5) is 11.7. The number of nitrogens with one attached hydrogen (secondary N) is 1. The van der Waals surface area contributed by atoms with E-state index in [2.05, 4.69) is 15.5 Å². The lowest BCUT2D eigenvalue weighted by molar-refractivity contribution is 0.0950. The molecule has 0 atom stereocenters. The first kappa shape index (κ1) is 11.7. The lowest BCUT2D eigenvalue weighted by Gasteiger charge is -2.04. The van der Waals surface area contributed by atoms with E-state index >= 15 is 0 Å². The summed E-state index contributed by atoms with van der Waals surface area (Å²) in [6, 6.07) is 0. The largest absolute Gasteiger partial charge is 0.346 e. The number of nitrogens with zero attached hydrogens (tertiary/aromatic N) is 4. The second-order valence-electron chi connectivity index (χ2n) is 3.65. The third kappa shape index (κ3) is 2.47. The van der Waals surface area contributed by atoms with E-state index in [9.17, 15) is 4.79 Å². The van der Waals surface area contributed by atoms with Crippen molar-refractivity contribution in [2.45, 2.75) is 6.54 Å². The van der Waals surface area contributed by atoms with Gasteiger partial charge in [0, 0.05) is 20.3 Å². The Morgan fingerprint density at radius 1 is 1.41 bits per heavy atom. The monoisotopic (exact) mass is 253 g/mol. The highest BCUT2D eigenvalue weighted by Crippen LogP contribution is 2.13. The average Bonchev–Trinajstić information content (AvgIpc) is 2.84. The highest BCUT2D eigenvalue weighted by Gasteiger charge is 2.10. The molecule has 0 aliphatic heterocycles. The standard InChI is InChI=1S/C10H12ClN5O/c1-15-6-7(3-13-15)10(17)12-5-9-8(11)4-14-16(9)2/h3-4,6H,5H2,1-2H3,(H,12,17). The Kier molecular flexibility index (Phi) is 3.14. The predicted octanol–water partition coefficient (Wildman–Crippen LogP) is 0.737. The second kappa shape index (κ2) is 4.58. The quantitative estimate of drug-likeness (QED) is 0.877. The minimum absolute atomic E-state index is 0.185. The van der Waals surface area contributed by atoms with Crippen molar-refractivity contribution in [2.24, 2.45) is 14.1 Å². The third-order valence-electron chi connectivity index (χ3n) is 2.39. The van der Waals surface area contributed by atoms with Crippen molar-refractivity contribution in [3.8, 4) is 0 Å². The van der Waals surface area contributed by atoms with Crippen LogP contribution in [0.5, 0.6) is 0 Å². The molecule has 1 amide bonds. The van der Waals surface area contributed by atoms with Crippen molar-refractivity contribution in [3.63, 3.8) is 0 Å². The third-order valence-corrected chi connectivity index (χ3v) is 2.71. The number of rotatable bonds is 3. The molecule has 7 heteroatoms. The van der Waals surface area contributed by atoms with Crippen LogP contribution in [0.3, 0.4) is 0 Å². The summed E-state index contributed by atoms with van der Waals surface area (Å²) in [5.74, 6) is -0.185. The molecule has 6 nitrogen and oxygen atoms in total. The topological polar surface area (TPSA) is 64.7 Å². The fourth-order valence-corrected chi connectivity index (χ4v) is 1.67. The molecule has 0 unspecified atom stereocenters. The van der Waals surface area contributed by atoms with Crippen LogP contribution in [0.25, 0.3) is 0 Å². The van der Waals surface area contributed by atoms with Crippen LogP contribution in [0, 0.1) is 0 Å². The molecule has 2 aromatic heterocycles. The molecule has 0 aromatic carbocycles. The summed E-state index contributed by atoms with van der Waals surface area (Å²) in [6.45, 7) is 0.336. The molecule has 0 saturated carbocycles. The molecular weight excluding hydrogens is 242 g/mol. The Morgan fingerprint density at radius 3 is 2.71 bits per heavy atom. The van der Waals surface area contributed by atoms with E-state index in [1.807, 2.05) is 0 Å². The van der Waals surface area contributed by atoms with Gasteiger partial charge in [-0.05, 0) is 0 Å². The molecule has 90 valence electrons. The molecule has 1 N–H and O–H groups in total. The molecule has 2 rings (SSSR count). The zero-order chi connectivity index (χ0) is 12.4. The Hall–Kier alpha value is -1.82. The summed E-state index contributed by atoms with van der Waals surface area (Å²) in [7, 11) is 3.53. The van der Waals surface area contributed by atoms with E-state index in [4.69, 9.17) is 11.6 Å². The van der Waals surface area contributed by atoms with Gasteiger partial charge in [-0.3, -0.25) is 14.2 Å². The van der Waals surface area contributed by atoms with E-state index in [0.717, 1.165) is 5.69 Å². The summed E-state index contributed by atoms with van der Waals surface area (Å²) < 4.78 is 3.21. The van der Waals surface area contributed by atoms with Gasteiger partial charge in [0.2, 0.25) is 0 Å². The molecule has 2 heterocycles. The first-order chi connectivity index (χ1) is 8.08. The van der Waals surface area contributed by atoms with Crippen molar-refractivity contribution < 1.29 is 4.79 Å². The number of halogens is 1. The summed E-state index contributed by atoms with van der Waals surface area (Å²) in [5.41, 5.74) is 1.29. The van der Waals surface area contributed by atoms with Gasteiger partial charge < -0.3 is 5.32 Å². The van der Waals surface area contributed by atoms with Crippen LogP contribution in [0.2, 0.25) is 5.02 Å². The number of aromatic nitrogens is 4. The molecule has 0 fully saturated rings. The Morgan fingerprint density at radius 2 is 2.18 bits per heavy atom. The molecule has 2 aromatic rings. The maximum atomic E-state index is 11.7. The smallest absolute Gasteiger partial charge is 0.254 e. The van der Waals surface area contributed by atoms with Gasteiger partial charge in [0.1, 0.15) is 0 Å². The van der Waals surface area contributed by atoms with Crippen molar-refractivity contribution in [1.29, 1.82) is 0 Å². The molecule has 0 bridgehead atoms. The number of carbonyl (C=O) groups excluding carboxylic acids is 1. The van der Waals surface area contributed by atoms with Gasteiger partial charge >= 0.3 is 0 Å². The average molecular weight is 254 g/mol. The van der Waals surface area contributed by atoms with Crippen LogP contribution >= 0.6 is 11.6 Å². The summed E-state index contributed by atoms with van der Waals surface area (Å²) in [6.07, 6.45) is 4.72. The minimum atomic E-state index is -0.185. The predicted molar refractivity (Wildman–Crippen MR) is 62.6 cm³/mol. The van der Waals surface area contributed by atoms with Crippen LogP contribution in [0.15, 0.2) is 18.6 Å². The zero-order valence-corrected chi connectivity index (χ0v) is 10.3. The molecule has 0 aliphatic carbocycles. The van der Waals surface area contributed by atoms with Gasteiger partial charge in [-0.1, -0.05) is 11.6 Å². The lowest BCUT2D eigenvalue weighted by Crippen LogP contribution is -2.23. The molecule has 0 saturated heterocycles. The van der Waals surface area contributed by atoms with E-state index in [0.29, 0.717) is 17.1 Å².